The van der Waals surface area contributed by atoms with Crippen molar-refractivity contribution in [3.05, 3.63) is 57.8 Å². The highest BCUT2D eigenvalue weighted by Gasteiger charge is 2.14. The summed E-state index contributed by atoms with van der Waals surface area (Å²) < 4.78 is 10.5. The topological polar surface area (TPSA) is 55.8 Å². The van der Waals surface area contributed by atoms with E-state index in [4.69, 9.17) is 14.6 Å². The molecule has 0 radical (unpaired) electrons. The van der Waals surface area contributed by atoms with E-state index in [0.717, 1.165) is 16.7 Å². The number of aliphatic carboxylic acids is 1. The lowest BCUT2D eigenvalue weighted by Crippen LogP contribution is -2.03. The number of carboxylic acids is 1. The van der Waals surface area contributed by atoms with Gasteiger partial charge in [-0.25, -0.2) is 4.79 Å². The zero-order chi connectivity index (χ0) is 15.2. The molecule has 1 heterocycles. The Labute approximate surface area is 127 Å². The number of methoxy groups -OCH3 is 1. The fourth-order valence-corrected chi connectivity index (χ4v) is 2.62. The lowest BCUT2D eigenvalue weighted by atomic mass is 9.97. The average Bonchev–Trinajstić information content (AvgIpc) is 2.97. The van der Waals surface area contributed by atoms with Gasteiger partial charge in [-0.3, -0.25) is 0 Å². The van der Waals surface area contributed by atoms with Crippen molar-refractivity contribution < 1.29 is 19.4 Å². The molecule has 0 bridgehead atoms. The Morgan fingerprint density at radius 2 is 2.19 bits per heavy atom. The highest BCUT2D eigenvalue weighted by atomic mass is 32.1. The maximum absolute atomic E-state index is 11.2. The summed E-state index contributed by atoms with van der Waals surface area (Å²) in [6, 6.07) is 7.55. The average molecular weight is 304 g/mol. The van der Waals surface area contributed by atoms with Crippen LogP contribution >= 0.6 is 11.3 Å². The van der Waals surface area contributed by atoms with Gasteiger partial charge < -0.3 is 14.6 Å². The van der Waals surface area contributed by atoms with Crippen LogP contribution in [0.2, 0.25) is 0 Å². The summed E-state index contributed by atoms with van der Waals surface area (Å²) in [5.74, 6) is -0.392. The van der Waals surface area contributed by atoms with Crippen molar-refractivity contribution in [1.29, 1.82) is 0 Å². The van der Waals surface area contributed by atoms with E-state index in [9.17, 15) is 4.79 Å². The summed E-state index contributed by atoms with van der Waals surface area (Å²) in [6.45, 7) is 2.07. The first-order chi connectivity index (χ1) is 10.1. The lowest BCUT2D eigenvalue weighted by Gasteiger charge is -2.14. The van der Waals surface area contributed by atoms with Crippen molar-refractivity contribution in [1.82, 2.24) is 0 Å². The van der Waals surface area contributed by atoms with E-state index in [1.54, 1.807) is 7.11 Å². The van der Waals surface area contributed by atoms with Gasteiger partial charge in [0.15, 0.2) is 6.79 Å². The zero-order valence-electron chi connectivity index (χ0n) is 11.8. The van der Waals surface area contributed by atoms with E-state index in [0.29, 0.717) is 11.3 Å². The second-order valence-electron chi connectivity index (χ2n) is 4.46. The molecule has 2 aromatic rings. The van der Waals surface area contributed by atoms with Gasteiger partial charge in [0.1, 0.15) is 5.75 Å². The lowest BCUT2D eigenvalue weighted by molar-refractivity contribution is -0.131. The molecule has 1 N–H and O–H groups in total. The highest BCUT2D eigenvalue weighted by Crippen LogP contribution is 2.33. The van der Waals surface area contributed by atoms with Crippen LogP contribution in [-0.4, -0.2) is 25.0 Å². The van der Waals surface area contributed by atoms with Gasteiger partial charge in [0, 0.05) is 24.3 Å². The quantitative estimate of drug-likeness (QED) is 0.655. The number of aryl methyl sites for hydroxylation is 1. The number of benzene rings is 1. The van der Waals surface area contributed by atoms with E-state index >= 15 is 0 Å². The fourth-order valence-electron chi connectivity index (χ4n) is 1.96. The van der Waals surface area contributed by atoms with Gasteiger partial charge in [0.25, 0.3) is 0 Å². The number of hydrogen-bond donors (Lipinski definition) is 1. The van der Waals surface area contributed by atoms with Crippen LogP contribution in [0.25, 0.3) is 5.57 Å². The SMILES string of the molecule is COCOc1ccc(C)cc1/C(=C\C(=O)O)c1ccsc1. The van der Waals surface area contributed by atoms with Gasteiger partial charge in [0.2, 0.25) is 0 Å². The minimum Gasteiger partial charge on any atom is -0.478 e. The summed E-state index contributed by atoms with van der Waals surface area (Å²) >= 11 is 1.52. The van der Waals surface area contributed by atoms with Gasteiger partial charge in [0.05, 0.1) is 0 Å². The second-order valence-corrected chi connectivity index (χ2v) is 5.24. The van der Waals surface area contributed by atoms with E-state index in [1.807, 2.05) is 41.9 Å². The van der Waals surface area contributed by atoms with E-state index in [2.05, 4.69) is 0 Å². The van der Waals surface area contributed by atoms with E-state index in [-0.39, 0.29) is 6.79 Å². The van der Waals surface area contributed by atoms with Crippen LogP contribution < -0.4 is 4.74 Å². The minimum absolute atomic E-state index is 0.111. The van der Waals surface area contributed by atoms with Crippen molar-refractivity contribution in [3.8, 4) is 5.75 Å². The van der Waals surface area contributed by atoms with Crippen LogP contribution in [0.3, 0.4) is 0 Å². The Balaban J connectivity index is 2.54. The molecule has 0 aliphatic carbocycles. The molecule has 1 aromatic carbocycles. The zero-order valence-corrected chi connectivity index (χ0v) is 12.6. The van der Waals surface area contributed by atoms with Crippen molar-refractivity contribution >= 4 is 22.9 Å². The number of hydrogen-bond acceptors (Lipinski definition) is 4. The van der Waals surface area contributed by atoms with Gasteiger partial charge in [-0.1, -0.05) is 11.6 Å². The normalized spacial score (nSPS) is 11.4. The Morgan fingerprint density at radius 3 is 2.81 bits per heavy atom. The molecular weight excluding hydrogens is 288 g/mol. The van der Waals surface area contributed by atoms with Crippen molar-refractivity contribution in [2.75, 3.05) is 13.9 Å². The van der Waals surface area contributed by atoms with Crippen molar-refractivity contribution in [3.63, 3.8) is 0 Å². The first-order valence-electron chi connectivity index (χ1n) is 6.31. The van der Waals surface area contributed by atoms with Crippen LogP contribution in [-0.2, 0) is 9.53 Å². The molecule has 0 aliphatic heterocycles. The Kier molecular flexibility index (Phi) is 5.14. The third-order valence-corrected chi connectivity index (χ3v) is 3.54. The third kappa shape index (κ3) is 3.93. The number of carbonyl (C=O) groups is 1. The molecule has 1 aromatic heterocycles. The van der Waals surface area contributed by atoms with Gasteiger partial charge in [-0.2, -0.15) is 11.3 Å². The molecule has 0 spiro atoms. The predicted molar refractivity (Wildman–Crippen MR) is 82.7 cm³/mol. The largest absolute Gasteiger partial charge is 0.478 e. The Bertz CT molecular complexity index is 644. The number of thiophene rings is 1. The van der Waals surface area contributed by atoms with Gasteiger partial charge >= 0.3 is 5.97 Å². The Morgan fingerprint density at radius 1 is 1.38 bits per heavy atom. The fraction of sp³-hybridized carbons (Fsp3) is 0.188. The molecule has 5 heteroatoms. The molecule has 0 amide bonds. The maximum atomic E-state index is 11.2. The van der Waals surface area contributed by atoms with Crippen molar-refractivity contribution in [2.24, 2.45) is 0 Å². The van der Waals surface area contributed by atoms with Crippen LogP contribution in [0.1, 0.15) is 16.7 Å². The molecule has 0 saturated carbocycles. The molecule has 0 aliphatic rings. The second kappa shape index (κ2) is 7.06. The Hall–Kier alpha value is -2.11. The summed E-state index contributed by atoms with van der Waals surface area (Å²) in [7, 11) is 1.54. The maximum Gasteiger partial charge on any atom is 0.328 e. The predicted octanol–water partition coefficient (Wildman–Crippen LogP) is 3.56. The summed E-state index contributed by atoms with van der Waals surface area (Å²) in [5, 5.41) is 13.0. The number of carboxylic acid groups (broad SMARTS) is 1. The van der Waals surface area contributed by atoms with Crippen LogP contribution in [0.5, 0.6) is 5.75 Å². The monoisotopic (exact) mass is 304 g/mol. The summed E-state index contributed by atoms with van der Waals surface area (Å²) in [5.41, 5.74) is 3.25. The molecule has 110 valence electrons. The molecule has 0 unspecified atom stereocenters. The molecule has 2 rings (SSSR count). The first kappa shape index (κ1) is 15.3. The van der Waals surface area contributed by atoms with Crippen LogP contribution in [0.15, 0.2) is 41.1 Å². The van der Waals surface area contributed by atoms with Crippen LogP contribution in [0, 0.1) is 6.92 Å². The highest BCUT2D eigenvalue weighted by molar-refractivity contribution is 7.08. The molecule has 0 atom stereocenters. The third-order valence-electron chi connectivity index (χ3n) is 2.86. The van der Waals surface area contributed by atoms with Gasteiger partial charge in [-0.15, -0.1) is 0 Å². The molecular formula is C16H16O4S. The van der Waals surface area contributed by atoms with E-state index in [1.165, 1.54) is 17.4 Å². The summed E-state index contributed by atoms with van der Waals surface area (Å²) in [6.07, 6.45) is 1.20. The molecule has 0 fully saturated rings. The van der Waals surface area contributed by atoms with Crippen molar-refractivity contribution in [2.45, 2.75) is 6.92 Å². The standard InChI is InChI=1S/C16H16O4S/c1-11-3-4-15(20-10-19-2)14(7-11)13(8-16(17)18)12-5-6-21-9-12/h3-9H,10H2,1-2H3,(H,17,18)/b13-8-. The number of rotatable bonds is 6. The van der Waals surface area contributed by atoms with Gasteiger partial charge in [-0.05, 0) is 41.4 Å². The molecule has 0 saturated heterocycles. The minimum atomic E-state index is -0.990. The molecule has 21 heavy (non-hydrogen) atoms. The molecule has 4 nitrogen and oxygen atoms in total. The van der Waals surface area contributed by atoms with Crippen LogP contribution in [0.4, 0.5) is 0 Å². The smallest absolute Gasteiger partial charge is 0.328 e. The summed E-state index contributed by atoms with van der Waals surface area (Å²) in [4.78, 5) is 11.2. The first-order valence-corrected chi connectivity index (χ1v) is 7.26. The van der Waals surface area contributed by atoms with E-state index < -0.39 is 5.97 Å². The number of ether oxygens (including phenoxy) is 2.